The van der Waals surface area contributed by atoms with Crippen LogP contribution in [0.3, 0.4) is 0 Å². The molecule has 7 fully saturated rings. The maximum Gasteiger partial charge on any atom is 0.163 e. The second-order valence-corrected chi connectivity index (χ2v) is 23.8. The summed E-state index contributed by atoms with van der Waals surface area (Å²) < 4.78 is 2.67. The highest BCUT2D eigenvalue weighted by Gasteiger charge is 2.60. The third-order valence-corrected chi connectivity index (χ3v) is 20.2. The molecule has 0 N–H and O–H groups in total. The Morgan fingerprint density at radius 2 is 1.09 bits per heavy atom. The summed E-state index contributed by atoms with van der Waals surface area (Å²) in [6.07, 6.45) is 16.2. The van der Waals surface area contributed by atoms with E-state index in [4.69, 9.17) is 15.0 Å². The minimum absolute atomic E-state index is 0.112. The van der Waals surface area contributed by atoms with E-state index in [1.165, 1.54) is 148 Å². The first-order valence-electron chi connectivity index (χ1n) is 25.7. The summed E-state index contributed by atoms with van der Waals surface area (Å²) in [7, 11) is 0. The molecule has 7 saturated carbocycles. The van der Waals surface area contributed by atoms with Gasteiger partial charge in [-0.1, -0.05) is 122 Å². The summed E-state index contributed by atoms with van der Waals surface area (Å²) in [5.74, 6) is 8.33. The Labute approximate surface area is 398 Å². The highest BCUT2D eigenvalue weighted by Crippen LogP contribution is 2.66. The fraction of sp³-hybridized carbons (Fsp3) is 0.371. The molecule has 2 unspecified atom stereocenters. The Kier molecular flexibility index (Phi) is 8.34. The van der Waals surface area contributed by atoms with E-state index in [1.807, 2.05) is 11.3 Å². The molecule has 6 aromatic carbocycles. The van der Waals surface area contributed by atoms with Gasteiger partial charge in [-0.05, 0) is 171 Å². The number of anilines is 3. The van der Waals surface area contributed by atoms with Gasteiger partial charge >= 0.3 is 0 Å². The van der Waals surface area contributed by atoms with E-state index in [0.29, 0.717) is 0 Å². The number of benzene rings is 6. The molecule has 67 heavy (non-hydrogen) atoms. The van der Waals surface area contributed by atoms with Gasteiger partial charge in [-0.25, -0.2) is 15.0 Å². The quantitative estimate of drug-likeness (QED) is 0.167. The van der Waals surface area contributed by atoms with Crippen molar-refractivity contribution in [2.75, 3.05) is 4.90 Å². The summed E-state index contributed by atoms with van der Waals surface area (Å²) in [6, 6.07) is 50.6. The van der Waals surface area contributed by atoms with Crippen LogP contribution >= 0.6 is 11.3 Å². The molecular formula is C62H58N4S. The molecule has 2 aromatic heterocycles. The van der Waals surface area contributed by atoms with Crippen molar-refractivity contribution in [2.45, 2.75) is 107 Å². The van der Waals surface area contributed by atoms with Gasteiger partial charge in [0.1, 0.15) is 11.6 Å². The van der Waals surface area contributed by atoms with Crippen LogP contribution in [0.4, 0.5) is 17.1 Å². The highest BCUT2D eigenvalue weighted by atomic mass is 32.1. The lowest BCUT2D eigenvalue weighted by molar-refractivity contribution is -0.00971. The molecule has 7 aliphatic carbocycles. The Morgan fingerprint density at radius 3 is 1.73 bits per heavy atom. The zero-order valence-electron chi connectivity index (χ0n) is 38.8. The van der Waals surface area contributed by atoms with Gasteiger partial charge < -0.3 is 4.90 Å². The van der Waals surface area contributed by atoms with Crippen LogP contribution in [0.25, 0.3) is 31.6 Å². The van der Waals surface area contributed by atoms with Crippen LogP contribution in [-0.2, 0) is 16.2 Å². The second-order valence-electron chi connectivity index (χ2n) is 22.7. The minimum Gasteiger partial charge on any atom is -0.309 e. The molecular weight excluding hydrogens is 833 g/mol. The molecule has 2 atom stereocenters. The van der Waals surface area contributed by atoms with Gasteiger partial charge in [0, 0.05) is 36.6 Å². The van der Waals surface area contributed by atoms with Gasteiger partial charge in [-0.3, -0.25) is 0 Å². The number of hydrogen-bond donors (Lipinski definition) is 0. The molecule has 4 nitrogen and oxygen atoms in total. The minimum atomic E-state index is -0.570. The van der Waals surface area contributed by atoms with Gasteiger partial charge in [0.25, 0.3) is 0 Å². The molecule has 5 heteroatoms. The maximum absolute atomic E-state index is 5.78. The smallest absolute Gasteiger partial charge is 0.163 e. The molecule has 0 spiro atoms. The topological polar surface area (TPSA) is 41.9 Å². The van der Waals surface area contributed by atoms with E-state index in [-0.39, 0.29) is 10.8 Å². The molecule has 3 heterocycles. The number of rotatable bonds is 6. The molecule has 16 rings (SSSR count). The Balaban J connectivity index is 0.913. The number of para-hydroxylation sites is 2. The first kappa shape index (κ1) is 39.4. The van der Waals surface area contributed by atoms with Crippen LogP contribution in [0.15, 0.2) is 133 Å². The number of aromatic nitrogens is 3. The summed E-state index contributed by atoms with van der Waals surface area (Å²) in [5.41, 5.74) is 12.2. The van der Waals surface area contributed by atoms with Gasteiger partial charge in [0.05, 0.1) is 22.5 Å². The van der Waals surface area contributed by atoms with Crippen molar-refractivity contribution in [1.29, 1.82) is 0 Å². The van der Waals surface area contributed by atoms with Crippen molar-refractivity contribution in [3.63, 3.8) is 0 Å². The SMILES string of the molecule is Cc1cc(-c2nc(C34CC5CC(CC(C5)C3)C4)nc(C34CC5CCCC(C3)C5C4)n2)cc(C)c1N1c2ccccc2C(c2ccccc2)(c2cccc3c2sc2ccccc23)c2ccccc21. The van der Waals surface area contributed by atoms with Crippen LogP contribution in [0.1, 0.15) is 122 Å². The fourth-order valence-electron chi connectivity index (χ4n) is 17.1. The maximum atomic E-state index is 5.78. The number of nitrogens with zero attached hydrogens (tertiary/aromatic N) is 4. The second kappa shape index (κ2) is 14.2. The molecule has 8 aromatic rings. The molecule has 6 bridgehead atoms. The van der Waals surface area contributed by atoms with Gasteiger partial charge in [0.15, 0.2) is 5.82 Å². The Bertz CT molecular complexity index is 3200. The van der Waals surface area contributed by atoms with Crippen molar-refractivity contribution < 1.29 is 0 Å². The summed E-state index contributed by atoms with van der Waals surface area (Å²) in [4.78, 5) is 19.8. The third kappa shape index (κ3) is 5.50. The first-order chi connectivity index (χ1) is 32.9. The third-order valence-electron chi connectivity index (χ3n) is 19.0. The van der Waals surface area contributed by atoms with Crippen LogP contribution in [0, 0.1) is 49.4 Å². The van der Waals surface area contributed by atoms with Gasteiger partial charge in [-0.2, -0.15) is 0 Å². The van der Waals surface area contributed by atoms with E-state index in [9.17, 15) is 0 Å². The normalized spacial score (nSPS) is 29.4. The van der Waals surface area contributed by atoms with Crippen LogP contribution in [0.5, 0.6) is 0 Å². The first-order valence-corrected chi connectivity index (χ1v) is 26.5. The molecule has 1 aliphatic heterocycles. The summed E-state index contributed by atoms with van der Waals surface area (Å²) >= 11 is 1.93. The highest BCUT2D eigenvalue weighted by molar-refractivity contribution is 7.26. The van der Waals surface area contributed by atoms with E-state index < -0.39 is 5.41 Å². The van der Waals surface area contributed by atoms with Crippen molar-refractivity contribution in [1.82, 2.24) is 15.0 Å². The van der Waals surface area contributed by atoms with Crippen LogP contribution in [0.2, 0.25) is 0 Å². The average molecular weight is 891 g/mol. The molecule has 0 radical (unpaired) electrons. The largest absolute Gasteiger partial charge is 0.309 e. The molecule has 0 amide bonds. The summed E-state index contributed by atoms with van der Waals surface area (Å²) in [6.45, 7) is 4.66. The number of thiophene rings is 1. The van der Waals surface area contributed by atoms with Crippen molar-refractivity contribution in [2.24, 2.45) is 35.5 Å². The lowest BCUT2D eigenvalue weighted by Gasteiger charge is -2.56. The van der Waals surface area contributed by atoms with E-state index >= 15 is 0 Å². The van der Waals surface area contributed by atoms with E-state index in [2.05, 4.69) is 152 Å². The van der Waals surface area contributed by atoms with Gasteiger partial charge in [0.2, 0.25) is 0 Å². The Morgan fingerprint density at radius 1 is 0.537 bits per heavy atom. The zero-order chi connectivity index (χ0) is 44.2. The predicted octanol–water partition coefficient (Wildman–Crippen LogP) is 15.6. The number of fused-ring (bicyclic) bond motifs is 6. The van der Waals surface area contributed by atoms with Gasteiger partial charge in [-0.15, -0.1) is 11.3 Å². The monoisotopic (exact) mass is 890 g/mol. The standard InChI is InChI=1S/C62H58N4S/c1-37-26-44(57-63-58(60-31-39-28-40(32-60)30-41(29-39)33-60)65-59(64-57)61-34-42-14-12-15-43(35-61)48(42)36-61)27-38(2)55(37)66-52-23-9-7-20-49(52)62(45-16-4-3-5-17-45,50-21-8-10-24-53(50)66)51-22-13-19-47-46-18-6-11-25-54(46)67-56(47)51/h3-11,13,16-27,39-43,48H,12,14-15,28-36H2,1-2H3. The van der Waals surface area contributed by atoms with E-state index in [0.717, 1.165) is 58.5 Å². The lowest BCUT2D eigenvalue weighted by atomic mass is 9.49. The fourth-order valence-corrected chi connectivity index (χ4v) is 18.3. The zero-order valence-corrected chi connectivity index (χ0v) is 39.7. The number of aryl methyl sites for hydroxylation is 2. The average Bonchev–Trinajstić information content (AvgIpc) is 4.06. The van der Waals surface area contributed by atoms with Crippen molar-refractivity contribution in [3.05, 3.63) is 178 Å². The van der Waals surface area contributed by atoms with E-state index in [1.54, 1.807) is 0 Å². The molecule has 332 valence electrons. The molecule has 8 aliphatic rings. The lowest BCUT2D eigenvalue weighted by Crippen LogP contribution is -2.49. The van der Waals surface area contributed by atoms with Crippen LogP contribution < -0.4 is 4.90 Å². The Hall–Kier alpha value is -5.65. The van der Waals surface area contributed by atoms with Crippen molar-refractivity contribution >= 4 is 48.6 Å². The molecule has 0 saturated heterocycles. The summed E-state index contributed by atoms with van der Waals surface area (Å²) in [5, 5.41) is 2.65. The number of hydrogen-bond acceptors (Lipinski definition) is 5. The van der Waals surface area contributed by atoms with Crippen LogP contribution in [-0.4, -0.2) is 15.0 Å². The van der Waals surface area contributed by atoms with Crippen molar-refractivity contribution in [3.8, 4) is 11.4 Å². The predicted molar refractivity (Wildman–Crippen MR) is 274 cm³/mol.